The molecular weight excluding hydrogens is 224 g/mol. The maximum absolute atomic E-state index is 6.22. The Morgan fingerprint density at radius 2 is 1.31 bits per heavy atom. The summed E-state index contributed by atoms with van der Waals surface area (Å²) in [6.45, 7) is 0. The molecule has 0 saturated carbocycles. The number of aryl methyl sites for hydroxylation is 2. The van der Waals surface area contributed by atoms with Crippen LogP contribution in [0.1, 0.15) is 41.8 Å². The Hall–Kier alpha value is -0.800. The molecule has 4 N–H and O–H groups in total. The molecule has 4 heteroatoms. The van der Waals surface area contributed by atoms with Crippen LogP contribution in [-0.2, 0) is 25.7 Å². The van der Waals surface area contributed by atoms with Gasteiger partial charge in [-0.25, -0.2) is 0 Å². The number of anilines is 1. The van der Waals surface area contributed by atoms with Crippen molar-refractivity contribution in [1.82, 2.24) is 4.98 Å². The average molecular weight is 243 g/mol. The van der Waals surface area contributed by atoms with Gasteiger partial charge < -0.3 is 11.2 Å². The van der Waals surface area contributed by atoms with Gasteiger partial charge in [-0.3, -0.25) is 4.98 Å². The number of hydrogen-bond acceptors (Lipinski definition) is 2. The van der Waals surface area contributed by atoms with Gasteiger partial charge in [0, 0.05) is 17.1 Å². The maximum atomic E-state index is 6.22. The van der Waals surface area contributed by atoms with E-state index in [0.29, 0.717) is 0 Å². The molecule has 1 heterocycles. The highest BCUT2D eigenvalue weighted by Gasteiger charge is 2.22. The molecule has 0 saturated heterocycles. The number of nitrogens with zero attached hydrogens (tertiary/aromatic N) is 1. The molecule has 2 aliphatic carbocycles. The van der Waals surface area contributed by atoms with Gasteiger partial charge in [-0.15, -0.1) is 12.4 Å². The Morgan fingerprint density at radius 3 is 2.00 bits per heavy atom. The molecule has 0 bridgehead atoms. The van der Waals surface area contributed by atoms with Gasteiger partial charge in [-0.1, -0.05) is 0 Å². The lowest BCUT2D eigenvalue weighted by atomic mass is 9.92. The molecule has 1 aromatic heterocycles. The second-order valence-corrected chi connectivity index (χ2v) is 4.44. The molecule has 2 aliphatic rings. The summed E-state index contributed by atoms with van der Waals surface area (Å²) in [4.78, 5) is 4.77. The van der Waals surface area contributed by atoms with Crippen LogP contribution in [0.15, 0.2) is 0 Å². The monoisotopic (exact) mass is 242 g/mol. The fraction of sp³-hybridized carbons (Fsp3) is 0.583. The zero-order valence-electron chi connectivity index (χ0n) is 9.38. The lowest BCUT2D eigenvalue weighted by molar-refractivity contribution is 0.665. The highest BCUT2D eigenvalue weighted by molar-refractivity contribution is 5.85. The predicted molar refractivity (Wildman–Crippen MR) is 68.2 cm³/mol. The zero-order chi connectivity index (χ0) is 9.54. The highest BCUT2D eigenvalue weighted by atomic mass is 35.5. The fourth-order valence-corrected chi connectivity index (χ4v) is 2.79. The van der Waals surface area contributed by atoms with Crippen LogP contribution >= 0.6 is 12.4 Å². The van der Waals surface area contributed by atoms with Crippen molar-refractivity contribution in [3.05, 3.63) is 22.5 Å². The molecule has 0 spiro atoms. The lowest BCUT2D eigenvalue weighted by Crippen LogP contribution is -2.12. The van der Waals surface area contributed by atoms with Crippen molar-refractivity contribution in [2.45, 2.75) is 44.9 Å². The third-order valence-corrected chi connectivity index (χ3v) is 3.55. The number of pyridine rings is 1. The topological polar surface area (TPSA) is 70.4 Å². The summed E-state index contributed by atoms with van der Waals surface area (Å²) in [6.07, 6.45) is 8.42. The Bertz CT molecular complexity index is 393. The average Bonchev–Trinajstić information content (AvgIpc) is 2.66. The summed E-state index contributed by atoms with van der Waals surface area (Å²) in [5, 5.41) is 0. The van der Waals surface area contributed by atoms with Crippen molar-refractivity contribution in [1.29, 1.82) is 0 Å². The minimum atomic E-state index is 0. The smallest absolute Gasteiger partial charge is 0.0459 e. The largest absolute Gasteiger partial charge is 0.412 e. The quantitative estimate of drug-likeness (QED) is 0.751. The molecule has 0 amide bonds. The summed E-state index contributed by atoms with van der Waals surface area (Å²) in [6, 6.07) is 0. The van der Waals surface area contributed by atoms with Crippen LogP contribution in [0.25, 0.3) is 0 Å². The highest BCUT2D eigenvalue weighted by Crippen LogP contribution is 2.33. The van der Waals surface area contributed by atoms with E-state index >= 15 is 0 Å². The summed E-state index contributed by atoms with van der Waals surface area (Å²) in [5.74, 6) is 0. The molecule has 0 aliphatic heterocycles. The van der Waals surface area contributed by atoms with Gasteiger partial charge in [-0.05, 0) is 56.1 Å². The number of hydrogen-bond donors (Lipinski definition) is 1. The van der Waals surface area contributed by atoms with Gasteiger partial charge in [-0.2, -0.15) is 0 Å². The summed E-state index contributed by atoms with van der Waals surface area (Å²) < 4.78 is 0. The molecule has 3 rings (SSSR count). The van der Waals surface area contributed by atoms with Crippen molar-refractivity contribution in [3.63, 3.8) is 0 Å². The van der Waals surface area contributed by atoms with E-state index < -0.39 is 0 Å². The van der Waals surface area contributed by atoms with Gasteiger partial charge >= 0.3 is 0 Å². The zero-order valence-corrected chi connectivity index (χ0v) is 10.2. The number of rotatable bonds is 0. The summed E-state index contributed by atoms with van der Waals surface area (Å²) >= 11 is 0. The normalized spacial score (nSPS) is 16.8. The van der Waals surface area contributed by atoms with Crippen LogP contribution in [0.4, 0.5) is 5.69 Å². The Kier molecular flexibility index (Phi) is 4.16. The predicted octanol–water partition coefficient (Wildman–Crippen LogP) is 1.63. The molecular formula is C12H19ClN2O. The van der Waals surface area contributed by atoms with Crippen LogP contribution < -0.4 is 5.73 Å². The molecule has 0 atom stereocenters. The van der Waals surface area contributed by atoms with Crippen LogP contribution in [-0.4, -0.2) is 10.5 Å². The third kappa shape index (κ3) is 1.89. The number of aromatic nitrogens is 1. The van der Waals surface area contributed by atoms with Gasteiger partial charge in [0.05, 0.1) is 0 Å². The van der Waals surface area contributed by atoms with Gasteiger partial charge in [0.15, 0.2) is 0 Å². The first-order chi connectivity index (χ1) is 6.86. The van der Waals surface area contributed by atoms with Crippen molar-refractivity contribution < 1.29 is 5.48 Å². The summed E-state index contributed by atoms with van der Waals surface area (Å²) in [7, 11) is 0. The Morgan fingerprint density at radius 1 is 0.812 bits per heavy atom. The molecule has 0 aromatic carbocycles. The number of halogens is 1. The van der Waals surface area contributed by atoms with Crippen LogP contribution in [0.3, 0.4) is 0 Å². The van der Waals surface area contributed by atoms with E-state index in [9.17, 15) is 0 Å². The van der Waals surface area contributed by atoms with Gasteiger partial charge in [0.1, 0.15) is 0 Å². The SMILES string of the molecule is Cl.Nc1c2c(nc3c1CCC3)CCCC2.O. The van der Waals surface area contributed by atoms with Crippen LogP contribution in [0, 0.1) is 0 Å². The maximum Gasteiger partial charge on any atom is 0.0459 e. The molecule has 1 aromatic rings. The van der Waals surface area contributed by atoms with Crippen LogP contribution in [0.5, 0.6) is 0 Å². The first-order valence-electron chi connectivity index (χ1n) is 5.65. The second kappa shape index (κ2) is 5.02. The van der Waals surface area contributed by atoms with E-state index in [1.165, 1.54) is 41.8 Å². The Labute approximate surface area is 102 Å². The number of nitrogen functional groups attached to an aromatic ring is 1. The van der Waals surface area contributed by atoms with E-state index in [0.717, 1.165) is 31.4 Å². The summed E-state index contributed by atoms with van der Waals surface area (Å²) in [5.41, 5.74) is 12.6. The number of fused-ring (bicyclic) bond motifs is 2. The van der Waals surface area contributed by atoms with Gasteiger partial charge in [0.25, 0.3) is 0 Å². The van der Waals surface area contributed by atoms with Crippen molar-refractivity contribution in [2.24, 2.45) is 0 Å². The standard InChI is InChI=1S/C12H16N2.ClH.H2O/c13-12-8-4-1-2-6-10(8)14-11-7-3-5-9(11)12;;/h1-7H2,(H2,13,14);1H;1H2. The first-order valence-corrected chi connectivity index (χ1v) is 5.65. The van der Waals surface area contributed by atoms with E-state index in [4.69, 9.17) is 10.7 Å². The van der Waals surface area contributed by atoms with Crippen molar-refractivity contribution in [3.8, 4) is 0 Å². The lowest BCUT2D eigenvalue weighted by Gasteiger charge is -2.19. The van der Waals surface area contributed by atoms with Crippen LogP contribution in [0.2, 0.25) is 0 Å². The van der Waals surface area contributed by atoms with E-state index in [2.05, 4.69) is 0 Å². The third-order valence-electron chi connectivity index (χ3n) is 3.55. The fourth-order valence-electron chi connectivity index (χ4n) is 2.79. The van der Waals surface area contributed by atoms with Gasteiger partial charge in [0.2, 0.25) is 0 Å². The molecule has 0 radical (unpaired) electrons. The van der Waals surface area contributed by atoms with E-state index in [1.807, 2.05) is 0 Å². The second-order valence-electron chi connectivity index (χ2n) is 4.44. The first kappa shape index (κ1) is 13.3. The minimum Gasteiger partial charge on any atom is -0.412 e. The van der Waals surface area contributed by atoms with Crippen molar-refractivity contribution >= 4 is 18.1 Å². The van der Waals surface area contributed by atoms with E-state index in [-0.39, 0.29) is 17.9 Å². The molecule has 3 nitrogen and oxygen atoms in total. The van der Waals surface area contributed by atoms with Crippen molar-refractivity contribution in [2.75, 3.05) is 5.73 Å². The molecule has 0 unspecified atom stereocenters. The molecule has 0 fully saturated rings. The molecule has 16 heavy (non-hydrogen) atoms. The van der Waals surface area contributed by atoms with E-state index in [1.54, 1.807) is 0 Å². The number of nitrogens with two attached hydrogens (primary N) is 1. The minimum absolute atomic E-state index is 0. The Balaban J connectivity index is 0.000000640. The molecule has 90 valence electrons.